The summed E-state index contributed by atoms with van der Waals surface area (Å²) in [7, 11) is 2.56. The molecule has 0 aliphatic rings. The Hall–Kier alpha value is -9.44. The van der Waals surface area contributed by atoms with E-state index in [0.717, 1.165) is 9.13 Å². The molecule has 376 valence electrons. The Morgan fingerprint density at radius 3 is 1.19 bits per heavy atom. The number of methoxy groups -OCH3 is 2. The zero-order chi connectivity index (χ0) is 53.8. The second-order valence-corrected chi connectivity index (χ2v) is 18.0. The highest BCUT2D eigenvalue weighted by Gasteiger charge is 2.28. The third-order valence-electron chi connectivity index (χ3n) is 11.7. The standard InChI is InChI=1S/C31H30N2O6.C27H22N2O6/c1-18-16-24-25(17-23(18)30(37)38-6)33(19(2)34)28(35)26(24)27(20-10-8-7-9-11-20)32-22-14-12-21(13-15-22)29(36)39-31(3,4)5;1-15-13-21-22(14-20(15)27(34)35-3)29(16(2)30)25(31)23(21)24(17-7-5-4-6-8-17)28-19-11-9-18(10-12-19)26(32)33/h7-17,35H,1-6H3;4-14,31H,1-3H3,(H,32,33). The molecule has 0 spiro atoms. The molecule has 0 aliphatic carbocycles. The zero-order valence-electron chi connectivity index (χ0n) is 42.0. The summed E-state index contributed by atoms with van der Waals surface area (Å²) in [4.78, 5) is 83.1. The molecule has 16 heteroatoms. The summed E-state index contributed by atoms with van der Waals surface area (Å²) >= 11 is 0. The van der Waals surface area contributed by atoms with Gasteiger partial charge in [-0.2, -0.15) is 0 Å². The van der Waals surface area contributed by atoms with Gasteiger partial charge in [0, 0.05) is 35.7 Å². The smallest absolute Gasteiger partial charge is 0.338 e. The van der Waals surface area contributed by atoms with E-state index < -0.39 is 41.3 Å². The number of fused-ring (bicyclic) bond motifs is 2. The molecule has 8 aromatic rings. The first-order valence-electron chi connectivity index (χ1n) is 23.0. The molecule has 16 nitrogen and oxygen atoms in total. The minimum absolute atomic E-state index is 0.118. The molecule has 2 aromatic heterocycles. The fourth-order valence-corrected chi connectivity index (χ4v) is 8.29. The van der Waals surface area contributed by atoms with Crippen molar-refractivity contribution in [1.82, 2.24) is 9.13 Å². The number of nitrogens with zero attached hydrogens (tertiary/aromatic N) is 4. The van der Waals surface area contributed by atoms with Crippen LogP contribution in [0.3, 0.4) is 0 Å². The maximum atomic E-state index is 12.6. The number of carbonyl (C=O) groups excluding carboxylic acids is 5. The molecule has 8 rings (SSSR count). The molecule has 0 saturated carbocycles. The SMILES string of the molecule is COC(=O)c1cc2c(cc1C)c(C(=Nc1ccc(C(=O)O)cc1)c1ccccc1)c(O)n2C(C)=O.COC(=O)c1cc2c(cc1C)c(C(=Nc1ccc(C(=O)OC(C)(C)C)cc1)c1ccccc1)c(O)n2C(C)=O. The zero-order valence-corrected chi connectivity index (χ0v) is 42.0. The molecule has 3 N–H and O–H groups in total. The molecule has 0 unspecified atom stereocenters. The topological polar surface area (TPSA) is 225 Å². The fraction of sp³-hybridized carbons (Fsp3) is 0.172. The number of aryl methyl sites for hydroxylation is 2. The van der Waals surface area contributed by atoms with E-state index in [-0.39, 0.29) is 28.5 Å². The van der Waals surface area contributed by atoms with Crippen molar-refractivity contribution in [1.29, 1.82) is 0 Å². The number of aromatic carboxylic acids is 1. The number of carboxylic acid groups (broad SMARTS) is 1. The summed E-state index contributed by atoms with van der Waals surface area (Å²) in [5, 5.41) is 32.9. The van der Waals surface area contributed by atoms with Gasteiger partial charge in [-0.25, -0.2) is 29.2 Å². The number of carboxylic acids is 1. The monoisotopic (exact) mass is 996 g/mol. The van der Waals surface area contributed by atoms with E-state index in [1.54, 1.807) is 89.2 Å². The van der Waals surface area contributed by atoms with E-state index in [1.807, 2.05) is 60.7 Å². The summed E-state index contributed by atoms with van der Waals surface area (Å²) in [6, 6.07) is 37.5. The fourth-order valence-electron chi connectivity index (χ4n) is 8.29. The van der Waals surface area contributed by atoms with Crippen LogP contribution in [0.5, 0.6) is 11.8 Å². The van der Waals surface area contributed by atoms with Crippen molar-refractivity contribution in [2.24, 2.45) is 9.98 Å². The van der Waals surface area contributed by atoms with Crippen LogP contribution >= 0.6 is 0 Å². The van der Waals surface area contributed by atoms with Crippen LogP contribution < -0.4 is 0 Å². The van der Waals surface area contributed by atoms with Crippen LogP contribution in [0.2, 0.25) is 0 Å². The molecule has 74 heavy (non-hydrogen) atoms. The van der Waals surface area contributed by atoms with Gasteiger partial charge < -0.3 is 29.5 Å². The summed E-state index contributed by atoms with van der Waals surface area (Å²) in [5.41, 5.74) is 6.11. The lowest BCUT2D eigenvalue weighted by atomic mass is 9.98. The first-order chi connectivity index (χ1) is 35.1. The van der Waals surface area contributed by atoms with Crippen LogP contribution in [0, 0.1) is 13.8 Å². The number of esters is 3. The number of aliphatic imine (C=N–C) groups is 2. The first kappa shape index (κ1) is 52.4. The number of aromatic hydroxyl groups is 2. The molecule has 0 fully saturated rings. The van der Waals surface area contributed by atoms with Crippen molar-refractivity contribution in [2.75, 3.05) is 14.2 Å². The van der Waals surface area contributed by atoms with Crippen LogP contribution in [0.15, 0.2) is 143 Å². The van der Waals surface area contributed by atoms with Gasteiger partial charge >= 0.3 is 23.9 Å². The Balaban J connectivity index is 0.000000217. The molecule has 0 atom stereocenters. The van der Waals surface area contributed by atoms with Gasteiger partial charge in [0.1, 0.15) is 5.60 Å². The Labute approximate surface area is 425 Å². The highest BCUT2D eigenvalue weighted by atomic mass is 16.6. The van der Waals surface area contributed by atoms with Gasteiger partial charge in [0.25, 0.3) is 0 Å². The molecule has 2 heterocycles. The highest BCUT2D eigenvalue weighted by molar-refractivity contribution is 6.25. The van der Waals surface area contributed by atoms with E-state index in [1.165, 1.54) is 46.3 Å². The first-order valence-corrected chi connectivity index (χ1v) is 23.0. The minimum atomic E-state index is -1.05. The molecule has 0 amide bonds. The van der Waals surface area contributed by atoms with E-state index in [9.17, 15) is 44.1 Å². The van der Waals surface area contributed by atoms with E-state index in [2.05, 4.69) is 0 Å². The van der Waals surface area contributed by atoms with E-state index in [0.29, 0.717) is 83.5 Å². The predicted octanol–water partition coefficient (Wildman–Crippen LogP) is 11.2. The van der Waals surface area contributed by atoms with Gasteiger partial charge in [0.2, 0.25) is 23.6 Å². The quantitative estimate of drug-likeness (QED) is 0.0661. The second-order valence-electron chi connectivity index (χ2n) is 18.0. The lowest BCUT2D eigenvalue weighted by Gasteiger charge is -2.19. The maximum absolute atomic E-state index is 12.6. The molecule has 0 radical (unpaired) electrons. The average molecular weight is 997 g/mol. The number of ether oxygens (including phenoxy) is 3. The Bertz CT molecular complexity index is 3580. The van der Waals surface area contributed by atoms with Crippen molar-refractivity contribution in [3.05, 3.63) is 189 Å². The number of aromatic nitrogens is 2. The molecular formula is C58H52N4O12. The van der Waals surface area contributed by atoms with Gasteiger partial charge in [-0.05, 0) is 119 Å². The average Bonchev–Trinajstić information content (AvgIpc) is 3.81. The van der Waals surface area contributed by atoms with Crippen molar-refractivity contribution in [3.8, 4) is 11.8 Å². The summed E-state index contributed by atoms with van der Waals surface area (Å²) < 4.78 is 17.5. The Morgan fingerprint density at radius 2 is 0.865 bits per heavy atom. The van der Waals surface area contributed by atoms with Gasteiger partial charge in [0.05, 0.1) is 81.4 Å². The van der Waals surface area contributed by atoms with Gasteiger partial charge in [-0.1, -0.05) is 60.7 Å². The van der Waals surface area contributed by atoms with Crippen molar-refractivity contribution < 1.29 is 58.3 Å². The van der Waals surface area contributed by atoms with Crippen molar-refractivity contribution in [2.45, 2.75) is 54.1 Å². The normalized spacial score (nSPS) is 11.7. The largest absolute Gasteiger partial charge is 0.494 e. The number of hydrogen-bond donors (Lipinski definition) is 3. The van der Waals surface area contributed by atoms with E-state index >= 15 is 0 Å². The molecule has 0 bridgehead atoms. The third kappa shape index (κ3) is 10.9. The lowest BCUT2D eigenvalue weighted by Crippen LogP contribution is -2.23. The van der Waals surface area contributed by atoms with Gasteiger partial charge in [-0.15, -0.1) is 0 Å². The van der Waals surface area contributed by atoms with Crippen LogP contribution in [-0.2, 0) is 14.2 Å². The van der Waals surface area contributed by atoms with E-state index in [4.69, 9.17) is 24.2 Å². The molecule has 0 aliphatic heterocycles. The summed E-state index contributed by atoms with van der Waals surface area (Å²) in [5.74, 6) is -4.10. The maximum Gasteiger partial charge on any atom is 0.338 e. The minimum Gasteiger partial charge on any atom is -0.494 e. The van der Waals surface area contributed by atoms with Crippen LogP contribution in [0.1, 0.15) is 119 Å². The third-order valence-corrected chi connectivity index (χ3v) is 11.7. The Kier molecular flexibility index (Phi) is 15.2. The molecule has 0 saturated heterocycles. The number of benzene rings is 6. The van der Waals surface area contributed by atoms with Crippen molar-refractivity contribution >= 4 is 80.3 Å². The molecular weight excluding hydrogens is 945 g/mol. The van der Waals surface area contributed by atoms with Crippen molar-refractivity contribution in [3.63, 3.8) is 0 Å². The lowest BCUT2D eigenvalue weighted by molar-refractivity contribution is 0.00686. The second kappa shape index (κ2) is 21.5. The summed E-state index contributed by atoms with van der Waals surface area (Å²) in [6.45, 7) is 11.5. The summed E-state index contributed by atoms with van der Waals surface area (Å²) in [6.07, 6.45) is 0. The van der Waals surface area contributed by atoms with Gasteiger partial charge in [-0.3, -0.25) is 18.7 Å². The van der Waals surface area contributed by atoms with Crippen LogP contribution in [-0.4, -0.2) is 91.4 Å². The Morgan fingerprint density at radius 1 is 0.500 bits per heavy atom. The predicted molar refractivity (Wildman–Crippen MR) is 280 cm³/mol. The van der Waals surface area contributed by atoms with Crippen LogP contribution in [0.4, 0.5) is 11.4 Å². The number of carbonyl (C=O) groups is 6. The highest BCUT2D eigenvalue weighted by Crippen LogP contribution is 2.38. The van der Waals surface area contributed by atoms with Gasteiger partial charge in [0.15, 0.2) is 0 Å². The number of hydrogen-bond acceptors (Lipinski definition) is 13. The van der Waals surface area contributed by atoms with Crippen LogP contribution in [0.25, 0.3) is 21.8 Å². The molecule has 6 aromatic carbocycles. The number of rotatable bonds is 10.